The number of carbonyl (C=O) groups excluding carboxylic acids is 1. The fraction of sp³-hybridized carbons (Fsp3) is 0.120. The number of halogens is 1. The molecule has 0 aliphatic carbocycles. The van der Waals surface area contributed by atoms with Crippen LogP contribution in [0.3, 0.4) is 0 Å². The molecule has 5 rings (SSSR count). The van der Waals surface area contributed by atoms with Gasteiger partial charge in [-0.15, -0.1) is 0 Å². The number of rotatable bonds is 3. The Labute approximate surface area is 187 Å². The number of anilines is 1. The van der Waals surface area contributed by atoms with Gasteiger partial charge in [-0.25, -0.2) is 0 Å². The summed E-state index contributed by atoms with van der Waals surface area (Å²) < 4.78 is 12.2. The maximum absolute atomic E-state index is 13.6. The summed E-state index contributed by atoms with van der Waals surface area (Å²) in [6.07, 6.45) is 0. The maximum atomic E-state index is 13.6. The molecular formula is C25H18BrNO4. The average Bonchev–Trinajstić information content (AvgIpc) is 3.07. The summed E-state index contributed by atoms with van der Waals surface area (Å²) in [6.45, 7) is 1.92. The van der Waals surface area contributed by atoms with Gasteiger partial charge >= 0.3 is 0 Å². The molecule has 1 aromatic heterocycles. The summed E-state index contributed by atoms with van der Waals surface area (Å²) in [5.74, 6) is 0.451. The van der Waals surface area contributed by atoms with E-state index < -0.39 is 6.04 Å². The van der Waals surface area contributed by atoms with Crippen molar-refractivity contribution < 1.29 is 13.9 Å². The number of amides is 1. The van der Waals surface area contributed by atoms with Gasteiger partial charge in [0, 0.05) is 10.2 Å². The Morgan fingerprint density at radius 2 is 1.68 bits per heavy atom. The van der Waals surface area contributed by atoms with Crippen LogP contribution in [0.2, 0.25) is 0 Å². The number of nitrogens with zero attached hydrogens (tertiary/aromatic N) is 1. The standard InChI is InChI=1S/C25H18BrNO4/c1-14-3-12-20-19(13-14)23(28)21-22(15-4-10-18(30-2)11-5-15)27(25(29)24(21)31-20)17-8-6-16(26)7-9-17/h3-13,22H,1-2H3. The Morgan fingerprint density at radius 3 is 2.35 bits per heavy atom. The molecule has 0 spiro atoms. The van der Waals surface area contributed by atoms with Gasteiger partial charge in [-0.3, -0.25) is 14.5 Å². The van der Waals surface area contributed by atoms with Crippen molar-refractivity contribution in [2.45, 2.75) is 13.0 Å². The number of fused-ring (bicyclic) bond motifs is 2. The number of hydrogen-bond donors (Lipinski definition) is 0. The van der Waals surface area contributed by atoms with E-state index in [-0.39, 0.29) is 17.1 Å². The number of carbonyl (C=O) groups is 1. The highest BCUT2D eigenvalue weighted by Gasteiger charge is 2.43. The van der Waals surface area contributed by atoms with Crippen molar-refractivity contribution in [3.8, 4) is 5.75 Å². The van der Waals surface area contributed by atoms with Gasteiger partial charge in [0.1, 0.15) is 11.3 Å². The molecule has 31 heavy (non-hydrogen) atoms. The van der Waals surface area contributed by atoms with Crippen molar-refractivity contribution in [2.24, 2.45) is 0 Å². The summed E-state index contributed by atoms with van der Waals surface area (Å²) >= 11 is 3.44. The van der Waals surface area contributed by atoms with Gasteiger partial charge in [-0.1, -0.05) is 39.7 Å². The molecular weight excluding hydrogens is 458 g/mol. The fourth-order valence-corrected chi connectivity index (χ4v) is 4.32. The van der Waals surface area contributed by atoms with E-state index >= 15 is 0 Å². The van der Waals surface area contributed by atoms with Crippen LogP contribution in [-0.2, 0) is 0 Å². The molecule has 0 saturated heterocycles. The molecule has 3 aromatic carbocycles. The molecule has 154 valence electrons. The van der Waals surface area contributed by atoms with E-state index in [0.717, 1.165) is 15.6 Å². The molecule has 1 aliphatic rings. The molecule has 0 saturated carbocycles. The van der Waals surface area contributed by atoms with Gasteiger partial charge < -0.3 is 9.15 Å². The third-order valence-corrected chi connectivity index (χ3v) is 6.09. The van der Waals surface area contributed by atoms with Crippen molar-refractivity contribution in [3.63, 3.8) is 0 Å². The molecule has 6 heteroatoms. The zero-order valence-electron chi connectivity index (χ0n) is 16.9. The topological polar surface area (TPSA) is 59.8 Å². The van der Waals surface area contributed by atoms with Crippen LogP contribution in [0, 0.1) is 6.92 Å². The maximum Gasteiger partial charge on any atom is 0.295 e. The first-order chi connectivity index (χ1) is 15.0. The molecule has 0 radical (unpaired) electrons. The monoisotopic (exact) mass is 475 g/mol. The second-order valence-electron chi connectivity index (χ2n) is 7.50. The minimum absolute atomic E-state index is 0.0880. The highest BCUT2D eigenvalue weighted by molar-refractivity contribution is 9.10. The Hall–Kier alpha value is -3.38. The van der Waals surface area contributed by atoms with Crippen molar-refractivity contribution >= 4 is 38.5 Å². The second kappa shape index (κ2) is 7.39. The number of benzene rings is 3. The molecule has 5 nitrogen and oxygen atoms in total. The zero-order chi connectivity index (χ0) is 21.7. The van der Waals surface area contributed by atoms with Crippen molar-refractivity contribution in [1.29, 1.82) is 0 Å². The van der Waals surface area contributed by atoms with E-state index in [0.29, 0.717) is 28.0 Å². The molecule has 0 N–H and O–H groups in total. The summed E-state index contributed by atoms with van der Waals surface area (Å²) in [5.41, 5.74) is 3.02. The lowest BCUT2D eigenvalue weighted by Gasteiger charge is -2.25. The number of methoxy groups -OCH3 is 1. The van der Waals surface area contributed by atoms with E-state index in [4.69, 9.17) is 9.15 Å². The second-order valence-corrected chi connectivity index (χ2v) is 8.42. The van der Waals surface area contributed by atoms with Crippen LogP contribution in [0.25, 0.3) is 11.0 Å². The van der Waals surface area contributed by atoms with Crippen LogP contribution < -0.4 is 15.1 Å². The first-order valence-corrected chi connectivity index (χ1v) is 10.6. The highest BCUT2D eigenvalue weighted by atomic mass is 79.9. The lowest BCUT2D eigenvalue weighted by Crippen LogP contribution is -2.29. The van der Waals surface area contributed by atoms with E-state index in [1.54, 1.807) is 24.1 Å². The first kappa shape index (κ1) is 19.6. The van der Waals surface area contributed by atoms with Gasteiger partial charge in [-0.2, -0.15) is 0 Å². The minimum atomic E-state index is -0.601. The van der Waals surface area contributed by atoms with Crippen LogP contribution in [-0.4, -0.2) is 13.0 Å². The number of aryl methyl sites for hydroxylation is 1. The predicted octanol–water partition coefficient (Wildman–Crippen LogP) is 5.62. The third kappa shape index (κ3) is 3.15. The lowest BCUT2D eigenvalue weighted by atomic mass is 9.98. The average molecular weight is 476 g/mol. The van der Waals surface area contributed by atoms with Gasteiger partial charge in [-0.05, 0) is 61.0 Å². The molecule has 1 unspecified atom stereocenters. The summed E-state index contributed by atoms with van der Waals surface area (Å²) in [7, 11) is 1.60. The summed E-state index contributed by atoms with van der Waals surface area (Å²) in [6, 6.07) is 19.6. The SMILES string of the molecule is COc1ccc(C2c3c(oc4ccc(C)cc4c3=O)C(=O)N2c2ccc(Br)cc2)cc1. The van der Waals surface area contributed by atoms with Crippen molar-refractivity contribution in [3.05, 3.63) is 104 Å². The van der Waals surface area contributed by atoms with E-state index in [9.17, 15) is 9.59 Å². The third-order valence-electron chi connectivity index (χ3n) is 5.56. The fourth-order valence-electron chi connectivity index (χ4n) is 4.06. The molecule has 1 aliphatic heterocycles. The Balaban J connectivity index is 1.79. The van der Waals surface area contributed by atoms with Crippen LogP contribution in [0.5, 0.6) is 5.75 Å². The molecule has 0 bridgehead atoms. The van der Waals surface area contributed by atoms with Crippen molar-refractivity contribution in [2.75, 3.05) is 12.0 Å². The molecule has 0 fully saturated rings. The number of ether oxygens (including phenoxy) is 1. The predicted molar refractivity (Wildman–Crippen MR) is 123 cm³/mol. The van der Waals surface area contributed by atoms with Gasteiger partial charge in [0.2, 0.25) is 5.76 Å². The Morgan fingerprint density at radius 1 is 0.968 bits per heavy atom. The Bertz CT molecular complexity index is 1370. The Kier molecular flexibility index (Phi) is 4.67. The molecule has 1 atom stereocenters. The molecule has 2 heterocycles. The van der Waals surface area contributed by atoms with Gasteiger partial charge in [0.15, 0.2) is 5.43 Å². The van der Waals surface area contributed by atoms with E-state index in [1.807, 2.05) is 61.5 Å². The normalized spacial score (nSPS) is 15.4. The lowest BCUT2D eigenvalue weighted by molar-refractivity contribution is 0.0971. The van der Waals surface area contributed by atoms with Gasteiger partial charge in [0.05, 0.1) is 24.1 Å². The van der Waals surface area contributed by atoms with Crippen LogP contribution in [0.4, 0.5) is 5.69 Å². The minimum Gasteiger partial charge on any atom is -0.497 e. The summed E-state index contributed by atoms with van der Waals surface area (Å²) in [5, 5.41) is 0.475. The van der Waals surface area contributed by atoms with Crippen LogP contribution in [0.15, 0.2) is 80.4 Å². The highest BCUT2D eigenvalue weighted by Crippen LogP contribution is 2.41. The van der Waals surface area contributed by atoms with Crippen LogP contribution >= 0.6 is 15.9 Å². The molecule has 1 amide bonds. The van der Waals surface area contributed by atoms with Crippen molar-refractivity contribution in [1.82, 2.24) is 0 Å². The zero-order valence-corrected chi connectivity index (χ0v) is 18.5. The van der Waals surface area contributed by atoms with Gasteiger partial charge in [0.25, 0.3) is 5.91 Å². The van der Waals surface area contributed by atoms with E-state index in [2.05, 4.69) is 15.9 Å². The smallest absolute Gasteiger partial charge is 0.295 e. The summed E-state index contributed by atoms with van der Waals surface area (Å²) in [4.78, 5) is 28.7. The van der Waals surface area contributed by atoms with Crippen LogP contribution in [0.1, 0.15) is 33.3 Å². The molecule has 4 aromatic rings. The quantitative estimate of drug-likeness (QED) is 0.385. The van der Waals surface area contributed by atoms with E-state index in [1.165, 1.54) is 0 Å². The largest absolute Gasteiger partial charge is 0.497 e. The first-order valence-electron chi connectivity index (χ1n) is 9.78. The number of hydrogen-bond acceptors (Lipinski definition) is 4.